The molecule has 0 N–H and O–H groups in total. The highest BCUT2D eigenvalue weighted by molar-refractivity contribution is 7.89. The van der Waals surface area contributed by atoms with Gasteiger partial charge in [-0.3, -0.25) is 4.79 Å². The second kappa shape index (κ2) is 9.60. The lowest BCUT2D eigenvalue weighted by Crippen LogP contribution is -2.33. The minimum Gasteiger partial charge on any atom is -0.466 e. The predicted molar refractivity (Wildman–Crippen MR) is 102 cm³/mol. The topological polar surface area (TPSA) is 63.7 Å². The Bertz CT molecular complexity index is 964. The van der Waals surface area contributed by atoms with Gasteiger partial charge in [0.1, 0.15) is 0 Å². The van der Waals surface area contributed by atoms with Gasteiger partial charge < -0.3 is 4.74 Å². The molecule has 5 nitrogen and oxygen atoms in total. The molecule has 29 heavy (non-hydrogen) atoms. The van der Waals surface area contributed by atoms with Crippen LogP contribution < -0.4 is 0 Å². The van der Waals surface area contributed by atoms with Gasteiger partial charge in [0.15, 0.2) is 0 Å². The molecule has 0 spiro atoms. The minimum absolute atomic E-state index is 0.129. The molecular formula is C19H19ClF3NO4S. The molecule has 0 heterocycles. The number of esters is 1. The van der Waals surface area contributed by atoms with E-state index in [0.717, 1.165) is 22.5 Å². The van der Waals surface area contributed by atoms with E-state index in [9.17, 15) is 26.4 Å². The molecule has 2 aromatic rings. The van der Waals surface area contributed by atoms with Crippen molar-refractivity contribution in [1.29, 1.82) is 0 Å². The fourth-order valence-corrected chi connectivity index (χ4v) is 4.19. The molecule has 0 bridgehead atoms. The van der Waals surface area contributed by atoms with E-state index in [4.69, 9.17) is 16.3 Å². The van der Waals surface area contributed by atoms with Crippen LogP contribution in [-0.2, 0) is 32.3 Å². The summed E-state index contributed by atoms with van der Waals surface area (Å²) in [6.07, 6.45) is -4.94. The van der Waals surface area contributed by atoms with E-state index in [2.05, 4.69) is 0 Å². The van der Waals surface area contributed by atoms with Gasteiger partial charge in [-0.15, -0.1) is 0 Å². The number of hydrogen-bond acceptors (Lipinski definition) is 4. The van der Waals surface area contributed by atoms with Crippen molar-refractivity contribution in [2.24, 2.45) is 0 Å². The number of alkyl halides is 3. The lowest BCUT2D eigenvalue weighted by molar-refractivity contribution is -0.143. The predicted octanol–water partition coefficient (Wildman–Crippen LogP) is 4.50. The Labute approximate surface area is 172 Å². The summed E-state index contributed by atoms with van der Waals surface area (Å²) in [6, 6.07) is 9.94. The Hall–Kier alpha value is -2.10. The molecule has 10 heteroatoms. The number of ether oxygens (including phenoxy) is 1. The Kier molecular flexibility index (Phi) is 7.67. The summed E-state index contributed by atoms with van der Waals surface area (Å²) < 4.78 is 70.9. The van der Waals surface area contributed by atoms with E-state index in [1.165, 1.54) is 0 Å². The fraction of sp³-hybridized carbons (Fsp3) is 0.316. The van der Waals surface area contributed by atoms with Crippen LogP contribution in [0.3, 0.4) is 0 Å². The van der Waals surface area contributed by atoms with Crippen molar-refractivity contribution in [2.75, 3.05) is 13.2 Å². The quantitative estimate of drug-likeness (QED) is 0.556. The molecule has 0 aliphatic rings. The Morgan fingerprint density at radius 3 is 2.45 bits per heavy atom. The second-order valence-electron chi connectivity index (χ2n) is 6.01. The van der Waals surface area contributed by atoms with Crippen LogP contribution in [0.2, 0.25) is 5.02 Å². The molecule has 0 aromatic heterocycles. The number of sulfonamides is 1. The lowest BCUT2D eigenvalue weighted by atomic mass is 10.2. The number of hydrogen-bond donors (Lipinski definition) is 0. The van der Waals surface area contributed by atoms with Crippen LogP contribution in [0.25, 0.3) is 0 Å². The first-order chi connectivity index (χ1) is 13.6. The molecule has 0 atom stereocenters. The molecule has 2 aromatic carbocycles. The summed E-state index contributed by atoms with van der Waals surface area (Å²) in [6.45, 7) is 1.25. The summed E-state index contributed by atoms with van der Waals surface area (Å²) in [5.74, 6) is -0.615. The van der Waals surface area contributed by atoms with Gasteiger partial charge in [-0.25, -0.2) is 8.42 Å². The van der Waals surface area contributed by atoms with E-state index in [1.54, 1.807) is 31.2 Å². The average molecular weight is 450 g/mol. The standard InChI is InChI=1S/C19H19ClF3NO4S/c1-2-28-18(25)10-11-24(13-14-6-3-4-9-17(14)20)29(26,27)16-8-5-7-15(12-16)19(21,22)23/h3-9,12H,2,10-11,13H2,1H3. The number of nitrogens with zero attached hydrogens (tertiary/aromatic N) is 1. The summed E-state index contributed by atoms with van der Waals surface area (Å²) in [4.78, 5) is 11.2. The molecule has 0 aliphatic carbocycles. The number of carbonyl (C=O) groups is 1. The van der Waals surface area contributed by atoms with Crippen molar-refractivity contribution in [1.82, 2.24) is 4.31 Å². The van der Waals surface area contributed by atoms with Gasteiger partial charge in [0.25, 0.3) is 0 Å². The number of rotatable bonds is 8. The van der Waals surface area contributed by atoms with Gasteiger partial charge in [-0.05, 0) is 36.8 Å². The molecule has 0 fully saturated rings. The average Bonchev–Trinajstić information content (AvgIpc) is 2.66. The van der Waals surface area contributed by atoms with Crippen LogP contribution in [-0.4, -0.2) is 31.8 Å². The normalized spacial score (nSPS) is 12.2. The van der Waals surface area contributed by atoms with E-state index in [-0.39, 0.29) is 26.1 Å². The van der Waals surface area contributed by atoms with Crippen LogP contribution in [0, 0.1) is 0 Å². The highest BCUT2D eigenvalue weighted by Gasteiger charge is 2.33. The largest absolute Gasteiger partial charge is 0.466 e. The highest BCUT2D eigenvalue weighted by Crippen LogP contribution is 2.31. The van der Waals surface area contributed by atoms with Crippen LogP contribution in [0.1, 0.15) is 24.5 Å². The molecule has 0 unspecified atom stereocenters. The molecule has 0 aliphatic heterocycles. The van der Waals surface area contributed by atoms with E-state index < -0.39 is 32.6 Å². The van der Waals surface area contributed by atoms with Gasteiger partial charge in [-0.1, -0.05) is 35.9 Å². The van der Waals surface area contributed by atoms with Gasteiger partial charge in [0.05, 0.1) is 23.5 Å². The lowest BCUT2D eigenvalue weighted by Gasteiger charge is -2.23. The fourth-order valence-electron chi connectivity index (χ4n) is 2.53. The number of halogens is 4. The second-order valence-corrected chi connectivity index (χ2v) is 8.36. The summed E-state index contributed by atoms with van der Waals surface area (Å²) in [5.41, 5.74) is -0.629. The van der Waals surface area contributed by atoms with Gasteiger partial charge in [0, 0.05) is 18.1 Å². The highest BCUT2D eigenvalue weighted by atomic mass is 35.5. The van der Waals surface area contributed by atoms with E-state index >= 15 is 0 Å². The van der Waals surface area contributed by atoms with Crippen LogP contribution >= 0.6 is 11.6 Å². The van der Waals surface area contributed by atoms with Crippen LogP contribution in [0.15, 0.2) is 53.4 Å². The van der Waals surface area contributed by atoms with Gasteiger partial charge >= 0.3 is 12.1 Å². The van der Waals surface area contributed by atoms with Crippen LogP contribution in [0.5, 0.6) is 0 Å². The maximum atomic E-state index is 13.1. The number of benzene rings is 2. The molecule has 0 saturated heterocycles. The smallest absolute Gasteiger partial charge is 0.416 e. The molecule has 0 saturated carbocycles. The maximum Gasteiger partial charge on any atom is 0.416 e. The van der Waals surface area contributed by atoms with Crippen LogP contribution in [0.4, 0.5) is 13.2 Å². The molecular weight excluding hydrogens is 431 g/mol. The van der Waals surface area contributed by atoms with E-state index in [1.807, 2.05) is 0 Å². The monoisotopic (exact) mass is 449 g/mol. The van der Waals surface area contributed by atoms with Crippen molar-refractivity contribution in [3.8, 4) is 0 Å². The first-order valence-electron chi connectivity index (χ1n) is 8.62. The van der Waals surface area contributed by atoms with Gasteiger partial charge in [-0.2, -0.15) is 17.5 Å². The first-order valence-corrected chi connectivity index (χ1v) is 10.4. The van der Waals surface area contributed by atoms with Gasteiger partial charge in [0.2, 0.25) is 10.0 Å². The Morgan fingerprint density at radius 2 is 1.83 bits per heavy atom. The summed E-state index contributed by atoms with van der Waals surface area (Å²) in [7, 11) is -4.34. The third-order valence-electron chi connectivity index (χ3n) is 3.97. The maximum absolute atomic E-state index is 13.1. The molecule has 0 radical (unpaired) electrons. The number of carbonyl (C=O) groups excluding carboxylic acids is 1. The summed E-state index contributed by atoms with van der Waals surface area (Å²) >= 11 is 6.10. The van der Waals surface area contributed by atoms with Crippen molar-refractivity contribution in [2.45, 2.75) is 31.0 Å². The van der Waals surface area contributed by atoms with Crippen molar-refractivity contribution in [3.05, 3.63) is 64.7 Å². The molecule has 0 amide bonds. The summed E-state index contributed by atoms with van der Waals surface area (Å²) in [5, 5.41) is 0.299. The van der Waals surface area contributed by atoms with Crippen molar-refractivity contribution in [3.63, 3.8) is 0 Å². The minimum atomic E-state index is -4.69. The third-order valence-corrected chi connectivity index (χ3v) is 6.18. The van der Waals surface area contributed by atoms with Crippen molar-refractivity contribution < 1.29 is 31.1 Å². The molecule has 158 valence electrons. The SMILES string of the molecule is CCOC(=O)CCN(Cc1ccccc1Cl)S(=O)(=O)c1cccc(C(F)(F)F)c1. The zero-order valence-corrected chi connectivity index (χ0v) is 17.0. The van der Waals surface area contributed by atoms with E-state index in [0.29, 0.717) is 16.7 Å². The first kappa shape index (κ1) is 23.2. The Morgan fingerprint density at radius 1 is 1.14 bits per heavy atom. The third kappa shape index (κ3) is 6.19. The zero-order chi connectivity index (χ0) is 21.7. The molecule has 2 rings (SSSR count). The zero-order valence-electron chi connectivity index (χ0n) is 15.4. The van der Waals surface area contributed by atoms with Crippen molar-refractivity contribution >= 4 is 27.6 Å². The Balaban J connectivity index is 2.40.